The van der Waals surface area contributed by atoms with Crippen LogP contribution in [-0.2, 0) is 12.8 Å². The quantitative estimate of drug-likeness (QED) is 0.503. The highest BCUT2D eigenvalue weighted by atomic mass is 16.3. The SMILES string of the molecule is CCc1nc2c(n1-c1cccc3c1oc1ccccc13)CCC=C2. The van der Waals surface area contributed by atoms with Crippen LogP contribution in [0, 0.1) is 0 Å². The number of furan rings is 1. The molecule has 2 heterocycles. The van der Waals surface area contributed by atoms with Crippen LogP contribution in [-0.4, -0.2) is 9.55 Å². The van der Waals surface area contributed by atoms with Gasteiger partial charge in [0.2, 0.25) is 0 Å². The fourth-order valence-corrected chi connectivity index (χ4v) is 3.74. The van der Waals surface area contributed by atoms with Gasteiger partial charge in [-0.15, -0.1) is 0 Å². The van der Waals surface area contributed by atoms with Gasteiger partial charge in [-0.05, 0) is 31.1 Å². The van der Waals surface area contributed by atoms with E-state index in [1.54, 1.807) is 0 Å². The summed E-state index contributed by atoms with van der Waals surface area (Å²) in [6.45, 7) is 2.16. The van der Waals surface area contributed by atoms with E-state index in [4.69, 9.17) is 9.40 Å². The molecule has 0 atom stereocenters. The highest BCUT2D eigenvalue weighted by Gasteiger charge is 2.20. The first kappa shape index (κ1) is 13.6. The second-order valence-electron chi connectivity index (χ2n) is 6.24. The molecular formula is C21H18N2O. The molecule has 24 heavy (non-hydrogen) atoms. The van der Waals surface area contributed by atoms with Crippen molar-refractivity contribution in [1.29, 1.82) is 0 Å². The normalized spacial score (nSPS) is 13.7. The molecule has 0 aliphatic heterocycles. The number of hydrogen-bond donors (Lipinski definition) is 0. The Bertz CT molecular complexity index is 1100. The van der Waals surface area contributed by atoms with E-state index < -0.39 is 0 Å². The number of hydrogen-bond acceptors (Lipinski definition) is 2. The minimum Gasteiger partial charge on any atom is -0.454 e. The Hall–Kier alpha value is -2.81. The fourth-order valence-electron chi connectivity index (χ4n) is 3.74. The van der Waals surface area contributed by atoms with Crippen LogP contribution in [0.3, 0.4) is 0 Å². The van der Waals surface area contributed by atoms with Gasteiger partial charge in [0.15, 0.2) is 5.58 Å². The van der Waals surface area contributed by atoms with Gasteiger partial charge in [-0.1, -0.05) is 43.3 Å². The first-order valence-electron chi connectivity index (χ1n) is 8.54. The number of allylic oxidation sites excluding steroid dienone is 1. The number of benzene rings is 2. The van der Waals surface area contributed by atoms with Gasteiger partial charge in [0.05, 0.1) is 17.1 Å². The molecular weight excluding hydrogens is 296 g/mol. The Balaban J connectivity index is 1.87. The minimum absolute atomic E-state index is 0.900. The monoisotopic (exact) mass is 314 g/mol. The summed E-state index contributed by atoms with van der Waals surface area (Å²) in [5.41, 5.74) is 5.38. The van der Waals surface area contributed by atoms with E-state index in [0.717, 1.165) is 47.6 Å². The van der Waals surface area contributed by atoms with Gasteiger partial charge in [0, 0.05) is 17.2 Å². The molecule has 3 heteroatoms. The van der Waals surface area contributed by atoms with E-state index in [1.165, 1.54) is 16.5 Å². The zero-order valence-electron chi connectivity index (χ0n) is 13.6. The van der Waals surface area contributed by atoms with Crippen LogP contribution >= 0.6 is 0 Å². The molecule has 2 aromatic carbocycles. The van der Waals surface area contributed by atoms with Gasteiger partial charge < -0.3 is 4.42 Å². The van der Waals surface area contributed by atoms with Crippen molar-refractivity contribution >= 4 is 28.0 Å². The van der Waals surface area contributed by atoms with E-state index >= 15 is 0 Å². The molecule has 0 spiro atoms. The van der Waals surface area contributed by atoms with Gasteiger partial charge in [0.1, 0.15) is 11.4 Å². The zero-order chi connectivity index (χ0) is 16.1. The molecule has 0 bridgehead atoms. The molecule has 2 aromatic heterocycles. The van der Waals surface area contributed by atoms with Crippen LogP contribution < -0.4 is 0 Å². The highest BCUT2D eigenvalue weighted by molar-refractivity contribution is 6.07. The van der Waals surface area contributed by atoms with E-state index in [2.05, 4.69) is 54.0 Å². The van der Waals surface area contributed by atoms with E-state index in [0.29, 0.717) is 0 Å². The van der Waals surface area contributed by atoms with E-state index in [9.17, 15) is 0 Å². The summed E-state index contributed by atoms with van der Waals surface area (Å²) >= 11 is 0. The molecule has 0 unspecified atom stereocenters. The highest BCUT2D eigenvalue weighted by Crippen LogP contribution is 2.34. The molecule has 118 valence electrons. The lowest BCUT2D eigenvalue weighted by Crippen LogP contribution is -2.06. The first-order valence-corrected chi connectivity index (χ1v) is 8.54. The number of aromatic nitrogens is 2. The second-order valence-corrected chi connectivity index (χ2v) is 6.24. The van der Waals surface area contributed by atoms with Gasteiger partial charge in [-0.25, -0.2) is 4.98 Å². The molecule has 4 aromatic rings. The summed E-state index contributed by atoms with van der Waals surface area (Å²) in [5, 5.41) is 2.33. The predicted molar refractivity (Wildman–Crippen MR) is 97.6 cm³/mol. The summed E-state index contributed by atoms with van der Waals surface area (Å²) in [6, 6.07) is 14.6. The summed E-state index contributed by atoms with van der Waals surface area (Å²) in [6.07, 6.45) is 7.35. The van der Waals surface area contributed by atoms with E-state index in [1.807, 2.05) is 12.1 Å². The molecule has 0 N–H and O–H groups in total. The molecule has 3 nitrogen and oxygen atoms in total. The Morgan fingerprint density at radius 3 is 2.88 bits per heavy atom. The Morgan fingerprint density at radius 1 is 1.08 bits per heavy atom. The topological polar surface area (TPSA) is 31.0 Å². The van der Waals surface area contributed by atoms with Crippen LogP contribution in [0.4, 0.5) is 0 Å². The number of para-hydroxylation sites is 2. The second kappa shape index (κ2) is 5.10. The number of imidazole rings is 1. The van der Waals surface area contributed by atoms with Gasteiger partial charge in [0.25, 0.3) is 0 Å². The average Bonchev–Trinajstić information content (AvgIpc) is 3.19. The van der Waals surface area contributed by atoms with Crippen LogP contribution in [0.2, 0.25) is 0 Å². The van der Waals surface area contributed by atoms with Crippen molar-refractivity contribution in [1.82, 2.24) is 9.55 Å². The minimum atomic E-state index is 0.900. The third-order valence-electron chi connectivity index (χ3n) is 4.84. The Kier molecular flexibility index (Phi) is 2.89. The van der Waals surface area contributed by atoms with Crippen molar-refractivity contribution < 1.29 is 4.42 Å². The summed E-state index contributed by atoms with van der Waals surface area (Å²) in [4.78, 5) is 4.84. The van der Waals surface area contributed by atoms with Crippen LogP contribution in [0.1, 0.15) is 30.6 Å². The lowest BCUT2D eigenvalue weighted by atomic mass is 10.1. The maximum Gasteiger partial charge on any atom is 0.159 e. The number of rotatable bonds is 2. The molecule has 0 saturated carbocycles. The maximum atomic E-state index is 6.23. The summed E-state index contributed by atoms with van der Waals surface area (Å²) in [7, 11) is 0. The summed E-state index contributed by atoms with van der Waals surface area (Å²) < 4.78 is 8.54. The van der Waals surface area contributed by atoms with Crippen molar-refractivity contribution in [3.8, 4) is 5.69 Å². The third-order valence-corrected chi connectivity index (χ3v) is 4.84. The summed E-state index contributed by atoms with van der Waals surface area (Å²) in [5.74, 6) is 1.10. The fraction of sp³-hybridized carbons (Fsp3) is 0.190. The number of fused-ring (bicyclic) bond motifs is 4. The maximum absolute atomic E-state index is 6.23. The number of nitrogens with zero attached hydrogens (tertiary/aromatic N) is 2. The molecule has 0 saturated heterocycles. The van der Waals surface area contributed by atoms with E-state index in [-0.39, 0.29) is 0 Å². The van der Waals surface area contributed by atoms with Gasteiger partial charge >= 0.3 is 0 Å². The van der Waals surface area contributed by atoms with Crippen molar-refractivity contribution in [3.05, 3.63) is 65.8 Å². The zero-order valence-corrected chi connectivity index (χ0v) is 13.6. The lowest BCUT2D eigenvalue weighted by molar-refractivity contribution is 0.662. The predicted octanol–water partition coefficient (Wildman–Crippen LogP) is 5.29. The first-order chi connectivity index (χ1) is 11.9. The van der Waals surface area contributed by atoms with Crippen LogP contribution in [0.15, 0.2) is 53.0 Å². The van der Waals surface area contributed by atoms with Crippen LogP contribution in [0.25, 0.3) is 33.7 Å². The number of aryl methyl sites for hydroxylation is 1. The van der Waals surface area contributed by atoms with Gasteiger partial charge in [-0.2, -0.15) is 0 Å². The lowest BCUT2D eigenvalue weighted by Gasteiger charge is -2.13. The smallest absolute Gasteiger partial charge is 0.159 e. The van der Waals surface area contributed by atoms with Crippen molar-refractivity contribution in [2.45, 2.75) is 26.2 Å². The molecule has 0 amide bonds. The Labute approximate surface area is 140 Å². The third kappa shape index (κ3) is 1.81. The van der Waals surface area contributed by atoms with Crippen molar-refractivity contribution in [2.75, 3.05) is 0 Å². The largest absolute Gasteiger partial charge is 0.454 e. The van der Waals surface area contributed by atoms with Crippen molar-refractivity contribution in [3.63, 3.8) is 0 Å². The molecule has 1 aliphatic rings. The van der Waals surface area contributed by atoms with Gasteiger partial charge in [-0.3, -0.25) is 4.57 Å². The Morgan fingerprint density at radius 2 is 1.96 bits per heavy atom. The standard InChI is InChI=1S/C21H18N2O/c1-2-20-22-16-10-4-5-11-17(16)23(20)18-12-7-9-15-14-8-3-6-13-19(14)24-21(15)18/h3-4,6-10,12-13H,2,5,11H2,1H3. The molecule has 0 radical (unpaired) electrons. The average molecular weight is 314 g/mol. The molecule has 0 fully saturated rings. The molecule has 1 aliphatic carbocycles. The van der Waals surface area contributed by atoms with Crippen molar-refractivity contribution in [2.24, 2.45) is 0 Å². The molecule has 5 rings (SSSR count). The van der Waals surface area contributed by atoms with Crippen LogP contribution in [0.5, 0.6) is 0 Å².